The summed E-state index contributed by atoms with van der Waals surface area (Å²) in [5, 5.41) is 5.78. The van der Waals surface area contributed by atoms with Crippen LogP contribution in [0.4, 0.5) is 11.4 Å². The summed E-state index contributed by atoms with van der Waals surface area (Å²) in [6, 6.07) is 12.3. The fraction of sp³-hybridized carbons (Fsp3) is 0.440. The van der Waals surface area contributed by atoms with Crippen molar-refractivity contribution in [2.45, 2.75) is 51.4 Å². The third-order valence-corrected chi connectivity index (χ3v) is 5.82. The average Bonchev–Trinajstić information content (AvgIpc) is 2.81. The molecule has 0 atom stereocenters. The number of anilines is 2. The first kappa shape index (κ1) is 22.7. The number of carbonyl (C=O) groups is 2. The summed E-state index contributed by atoms with van der Waals surface area (Å²) in [7, 11) is 3.05. The second-order valence-corrected chi connectivity index (χ2v) is 8.02. The molecule has 0 bridgehead atoms. The molecular weight excluding hydrogens is 392 g/mol. The van der Waals surface area contributed by atoms with Gasteiger partial charge in [-0.25, -0.2) is 0 Å². The monoisotopic (exact) mass is 424 g/mol. The zero-order valence-corrected chi connectivity index (χ0v) is 18.4. The molecule has 1 aliphatic carbocycles. The van der Waals surface area contributed by atoms with Gasteiger partial charge in [0.15, 0.2) is 0 Å². The van der Waals surface area contributed by atoms with E-state index >= 15 is 0 Å². The van der Waals surface area contributed by atoms with Crippen LogP contribution in [-0.4, -0.2) is 26.0 Å². The molecule has 2 aromatic rings. The van der Waals surface area contributed by atoms with Crippen molar-refractivity contribution in [3.05, 3.63) is 48.0 Å². The molecule has 0 unspecified atom stereocenters. The topological polar surface area (TPSA) is 76.7 Å². The van der Waals surface area contributed by atoms with E-state index in [1.54, 1.807) is 36.4 Å². The normalized spacial score (nSPS) is 14.0. The minimum absolute atomic E-state index is 0.0442. The maximum atomic E-state index is 12.5. The Kier molecular flexibility index (Phi) is 8.33. The lowest BCUT2D eigenvalue weighted by Gasteiger charge is -2.21. The third kappa shape index (κ3) is 6.48. The molecule has 31 heavy (non-hydrogen) atoms. The fourth-order valence-electron chi connectivity index (χ4n) is 4.12. The van der Waals surface area contributed by atoms with Crippen molar-refractivity contribution in [1.29, 1.82) is 0 Å². The molecule has 0 saturated heterocycles. The Morgan fingerprint density at radius 2 is 1.52 bits per heavy atom. The predicted molar refractivity (Wildman–Crippen MR) is 123 cm³/mol. The molecule has 1 aliphatic rings. The van der Waals surface area contributed by atoms with Crippen molar-refractivity contribution < 1.29 is 19.1 Å². The van der Waals surface area contributed by atoms with Gasteiger partial charge in [-0.1, -0.05) is 50.3 Å². The Morgan fingerprint density at radius 1 is 0.903 bits per heavy atom. The van der Waals surface area contributed by atoms with Gasteiger partial charge in [0.1, 0.15) is 11.5 Å². The summed E-state index contributed by atoms with van der Waals surface area (Å²) in [6.45, 7) is 0. The highest BCUT2D eigenvalue weighted by atomic mass is 16.5. The minimum Gasteiger partial charge on any atom is -0.494 e. The van der Waals surface area contributed by atoms with Crippen LogP contribution in [0.2, 0.25) is 0 Å². The van der Waals surface area contributed by atoms with E-state index in [1.165, 1.54) is 46.3 Å². The van der Waals surface area contributed by atoms with Crippen LogP contribution in [0.1, 0.15) is 61.7 Å². The minimum atomic E-state index is -0.250. The van der Waals surface area contributed by atoms with Crippen molar-refractivity contribution in [3.8, 4) is 11.5 Å². The quantitative estimate of drug-likeness (QED) is 0.546. The van der Waals surface area contributed by atoms with Gasteiger partial charge in [-0.2, -0.15) is 0 Å². The van der Waals surface area contributed by atoms with Crippen LogP contribution in [0.3, 0.4) is 0 Å². The predicted octanol–water partition coefficient (Wildman–Crippen LogP) is 5.65. The highest BCUT2D eigenvalue weighted by Crippen LogP contribution is 2.37. The van der Waals surface area contributed by atoms with E-state index in [2.05, 4.69) is 10.6 Å². The van der Waals surface area contributed by atoms with E-state index in [-0.39, 0.29) is 11.8 Å². The lowest BCUT2D eigenvalue weighted by Crippen LogP contribution is -2.15. The highest BCUT2D eigenvalue weighted by molar-refractivity contribution is 6.05. The second-order valence-electron chi connectivity index (χ2n) is 8.02. The molecule has 6 heteroatoms. The number of benzene rings is 2. The number of hydrogen-bond acceptors (Lipinski definition) is 4. The summed E-state index contributed by atoms with van der Waals surface area (Å²) in [6.07, 6.45) is 9.06. The van der Waals surface area contributed by atoms with Gasteiger partial charge in [0.25, 0.3) is 5.91 Å². The summed E-state index contributed by atoms with van der Waals surface area (Å²) < 4.78 is 10.9. The molecule has 2 N–H and O–H groups in total. The van der Waals surface area contributed by atoms with E-state index in [0.717, 1.165) is 18.8 Å². The second kappa shape index (κ2) is 11.4. The Hall–Kier alpha value is -3.02. The number of rotatable bonds is 9. The number of ether oxygens (including phenoxy) is 2. The van der Waals surface area contributed by atoms with Gasteiger partial charge < -0.3 is 20.1 Å². The lowest BCUT2D eigenvalue weighted by atomic mass is 9.86. The Labute approximate surface area is 184 Å². The molecule has 2 amide bonds. The first-order valence-electron chi connectivity index (χ1n) is 11.0. The van der Waals surface area contributed by atoms with Crippen LogP contribution in [0, 0.1) is 5.92 Å². The van der Waals surface area contributed by atoms with Crippen molar-refractivity contribution in [1.82, 2.24) is 0 Å². The molecule has 0 spiro atoms. The van der Waals surface area contributed by atoms with Crippen LogP contribution >= 0.6 is 0 Å². The molecule has 0 aromatic heterocycles. The zero-order chi connectivity index (χ0) is 22.1. The molecule has 0 aliphatic heterocycles. The van der Waals surface area contributed by atoms with Gasteiger partial charge in [0.05, 0.1) is 25.6 Å². The third-order valence-electron chi connectivity index (χ3n) is 5.82. The van der Waals surface area contributed by atoms with Gasteiger partial charge in [0.2, 0.25) is 5.91 Å². The van der Waals surface area contributed by atoms with Crippen LogP contribution in [0.25, 0.3) is 0 Å². The number of carbonyl (C=O) groups excluding carboxylic acids is 2. The lowest BCUT2D eigenvalue weighted by molar-refractivity contribution is -0.116. The molecule has 3 rings (SSSR count). The largest absolute Gasteiger partial charge is 0.494 e. The Balaban J connectivity index is 1.63. The SMILES string of the molecule is COc1cc(NC(=O)c2ccccc2)c(OC)cc1NC(=O)CCCC1CCCCC1. The number of hydrogen-bond donors (Lipinski definition) is 2. The Bertz CT molecular complexity index is 877. The molecule has 1 saturated carbocycles. The van der Waals surface area contributed by atoms with E-state index in [1.807, 2.05) is 6.07 Å². The Morgan fingerprint density at radius 3 is 2.13 bits per heavy atom. The number of nitrogens with one attached hydrogen (secondary N) is 2. The maximum absolute atomic E-state index is 12.5. The molecule has 0 heterocycles. The van der Waals surface area contributed by atoms with Gasteiger partial charge in [0, 0.05) is 24.1 Å². The highest BCUT2D eigenvalue weighted by Gasteiger charge is 2.17. The number of amides is 2. The van der Waals surface area contributed by atoms with Crippen LogP contribution < -0.4 is 20.1 Å². The van der Waals surface area contributed by atoms with Crippen LogP contribution in [-0.2, 0) is 4.79 Å². The van der Waals surface area contributed by atoms with Gasteiger partial charge in [-0.15, -0.1) is 0 Å². The summed E-state index contributed by atoms with van der Waals surface area (Å²) >= 11 is 0. The van der Waals surface area contributed by atoms with E-state index in [9.17, 15) is 9.59 Å². The van der Waals surface area contributed by atoms with Gasteiger partial charge >= 0.3 is 0 Å². The van der Waals surface area contributed by atoms with E-state index in [4.69, 9.17) is 9.47 Å². The van der Waals surface area contributed by atoms with E-state index in [0.29, 0.717) is 34.9 Å². The summed E-state index contributed by atoms with van der Waals surface area (Å²) in [4.78, 5) is 25.0. The number of methoxy groups -OCH3 is 2. The molecule has 0 radical (unpaired) electrons. The molecule has 6 nitrogen and oxygen atoms in total. The smallest absolute Gasteiger partial charge is 0.255 e. The van der Waals surface area contributed by atoms with Crippen molar-refractivity contribution >= 4 is 23.2 Å². The maximum Gasteiger partial charge on any atom is 0.255 e. The standard InChI is InChI=1S/C25H32N2O4/c1-30-22-17-21(27-25(29)19-13-7-4-8-14-19)23(31-2)16-20(22)26-24(28)15-9-12-18-10-5-3-6-11-18/h4,7-8,13-14,16-18H,3,5-6,9-12,15H2,1-2H3,(H,26,28)(H,27,29). The molecule has 166 valence electrons. The van der Waals surface area contributed by atoms with Crippen molar-refractivity contribution in [2.75, 3.05) is 24.9 Å². The van der Waals surface area contributed by atoms with Crippen molar-refractivity contribution in [3.63, 3.8) is 0 Å². The van der Waals surface area contributed by atoms with Crippen LogP contribution in [0.15, 0.2) is 42.5 Å². The van der Waals surface area contributed by atoms with Crippen LogP contribution in [0.5, 0.6) is 11.5 Å². The molecular formula is C25H32N2O4. The van der Waals surface area contributed by atoms with Gasteiger partial charge in [-0.3, -0.25) is 9.59 Å². The average molecular weight is 425 g/mol. The first-order chi connectivity index (χ1) is 15.1. The first-order valence-corrected chi connectivity index (χ1v) is 11.0. The summed E-state index contributed by atoms with van der Waals surface area (Å²) in [5.41, 5.74) is 1.54. The molecule has 1 fully saturated rings. The fourth-order valence-corrected chi connectivity index (χ4v) is 4.12. The van der Waals surface area contributed by atoms with Crippen molar-refractivity contribution in [2.24, 2.45) is 5.92 Å². The van der Waals surface area contributed by atoms with E-state index < -0.39 is 0 Å². The molecule has 2 aromatic carbocycles. The van der Waals surface area contributed by atoms with Gasteiger partial charge in [-0.05, 0) is 30.9 Å². The summed E-state index contributed by atoms with van der Waals surface area (Å²) in [5.74, 6) is 1.38. The zero-order valence-electron chi connectivity index (χ0n) is 18.4.